The zero-order chi connectivity index (χ0) is 15.3. The van der Waals surface area contributed by atoms with Crippen molar-refractivity contribution in [1.82, 2.24) is 5.32 Å². The van der Waals surface area contributed by atoms with E-state index in [4.69, 9.17) is 5.14 Å². The molecule has 1 aromatic heterocycles. The predicted octanol–water partition coefficient (Wildman–Crippen LogP) is 1.80. The van der Waals surface area contributed by atoms with Gasteiger partial charge in [-0.1, -0.05) is 18.2 Å². The molecule has 3 N–H and O–H groups in total. The zero-order valence-electron chi connectivity index (χ0n) is 11.0. The first-order valence-electron chi connectivity index (χ1n) is 6.01. The summed E-state index contributed by atoms with van der Waals surface area (Å²) in [5, 5.41) is 7.78. The van der Waals surface area contributed by atoms with Crippen LogP contribution in [0.15, 0.2) is 51.6 Å². The first-order valence-corrected chi connectivity index (χ1v) is 9.36. The standard InChI is InChI=1S/C13H14N2O3S3/c14-21(17,18)13-7-6-11(20-13)8-15-12(16)9-19-10-4-2-1-3-5-10/h1-7H,8-9H2,(H,15,16)(H2,14,17,18). The van der Waals surface area contributed by atoms with E-state index in [1.54, 1.807) is 6.07 Å². The van der Waals surface area contributed by atoms with Crippen molar-refractivity contribution in [3.05, 3.63) is 47.3 Å². The summed E-state index contributed by atoms with van der Waals surface area (Å²) in [4.78, 5) is 13.5. The summed E-state index contributed by atoms with van der Waals surface area (Å²) in [5.41, 5.74) is 0. The number of thiophene rings is 1. The van der Waals surface area contributed by atoms with Gasteiger partial charge in [-0.05, 0) is 24.3 Å². The van der Waals surface area contributed by atoms with Gasteiger partial charge in [-0.15, -0.1) is 23.1 Å². The van der Waals surface area contributed by atoms with Gasteiger partial charge in [0.25, 0.3) is 0 Å². The molecule has 2 aromatic rings. The maximum absolute atomic E-state index is 11.7. The second kappa shape index (κ2) is 7.08. The number of primary sulfonamides is 1. The normalized spacial score (nSPS) is 11.3. The first-order chi connectivity index (χ1) is 9.95. The number of amides is 1. The molecule has 0 spiro atoms. The van der Waals surface area contributed by atoms with Gasteiger partial charge in [0.1, 0.15) is 4.21 Å². The van der Waals surface area contributed by atoms with E-state index in [2.05, 4.69) is 5.32 Å². The van der Waals surface area contributed by atoms with Crippen LogP contribution in [-0.2, 0) is 21.4 Å². The van der Waals surface area contributed by atoms with Crippen molar-refractivity contribution in [1.29, 1.82) is 0 Å². The molecule has 1 aromatic carbocycles. The van der Waals surface area contributed by atoms with Crippen molar-refractivity contribution in [2.75, 3.05) is 5.75 Å². The maximum atomic E-state index is 11.7. The fourth-order valence-corrected chi connectivity index (χ4v) is 3.98. The van der Waals surface area contributed by atoms with Crippen LogP contribution >= 0.6 is 23.1 Å². The predicted molar refractivity (Wildman–Crippen MR) is 84.7 cm³/mol. The molecule has 21 heavy (non-hydrogen) atoms. The molecule has 0 aliphatic carbocycles. The lowest BCUT2D eigenvalue weighted by Crippen LogP contribution is -2.24. The molecule has 2 rings (SSSR count). The highest BCUT2D eigenvalue weighted by atomic mass is 32.2. The number of carbonyl (C=O) groups is 1. The van der Waals surface area contributed by atoms with Crippen LogP contribution in [0.5, 0.6) is 0 Å². The van der Waals surface area contributed by atoms with E-state index < -0.39 is 10.0 Å². The van der Waals surface area contributed by atoms with Crippen molar-refractivity contribution in [3.63, 3.8) is 0 Å². The number of thioether (sulfide) groups is 1. The van der Waals surface area contributed by atoms with Gasteiger partial charge in [0, 0.05) is 9.77 Å². The summed E-state index contributed by atoms with van der Waals surface area (Å²) in [6.45, 7) is 0.300. The van der Waals surface area contributed by atoms with Crippen molar-refractivity contribution < 1.29 is 13.2 Å². The second-order valence-corrected chi connectivity index (χ2v) is 8.15. The zero-order valence-corrected chi connectivity index (χ0v) is 13.4. The average molecular weight is 342 g/mol. The monoisotopic (exact) mass is 342 g/mol. The quantitative estimate of drug-likeness (QED) is 0.784. The summed E-state index contributed by atoms with van der Waals surface area (Å²) in [5.74, 6) is 0.214. The molecule has 0 radical (unpaired) electrons. The van der Waals surface area contributed by atoms with Gasteiger partial charge in [0.05, 0.1) is 12.3 Å². The van der Waals surface area contributed by atoms with E-state index in [9.17, 15) is 13.2 Å². The number of nitrogens with one attached hydrogen (secondary N) is 1. The van der Waals surface area contributed by atoms with Crippen LogP contribution in [-0.4, -0.2) is 20.1 Å². The molecule has 0 aliphatic heterocycles. The third-order valence-electron chi connectivity index (χ3n) is 2.49. The number of sulfonamides is 1. The number of benzene rings is 1. The Bertz CT molecular complexity index is 711. The Balaban J connectivity index is 1.80. The molecule has 0 aliphatic rings. The molecule has 0 saturated carbocycles. The Labute approximate surface area is 131 Å². The van der Waals surface area contributed by atoms with Crippen molar-refractivity contribution in [2.24, 2.45) is 5.14 Å². The van der Waals surface area contributed by atoms with Crippen LogP contribution in [0.25, 0.3) is 0 Å². The lowest BCUT2D eigenvalue weighted by Gasteiger charge is -2.03. The Kier molecular flexibility index (Phi) is 5.40. The second-order valence-electron chi connectivity index (χ2n) is 4.14. The van der Waals surface area contributed by atoms with Crippen molar-refractivity contribution in [2.45, 2.75) is 15.6 Å². The Hall–Kier alpha value is -1.35. The van der Waals surface area contributed by atoms with Gasteiger partial charge >= 0.3 is 0 Å². The summed E-state index contributed by atoms with van der Waals surface area (Å²) >= 11 is 2.51. The Morgan fingerprint density at radius 1 is 1.19 bits per heavy atom. The fourth-order valence-electron chi connectivity index (χ4n) is 1.51. The minimum atomic E-state index is -3.67. The van der Waals surface area contributed by atoms with E-state index in [1.165, 1.54) is 17.8 Å². The third-order valence-corrected chi connectivity index (χ3v) is 6.03. The van der Waals surface area contributed by atoms with Gasteiger partial charge in [-0.2, -0.15) is 0 Å². The Morgan fingerprint density at radius 3 is 2.52 bits per heavy atom. The van der Waals surface area contributed by atoms with Crippen LogP contribution in [0.2, 0.25) is 0 Å². The lowest BCUT2D eigenvalue weighted by atomic mass is 10.4. The highest BCUT2D eigenvalue weighted by molar-refractivity contribution is 8.00. The molecule has 0 saturated heterocycles. The SMILES string of the molecule is NS(=O)(=O)c1ccc(CNC(=O)CSc2ccccc2)s1. The number of carbonyl (C=O) groups excluding carboxylic acids is 1. The molecule has 1 amide bonds. The minimum Gasteiger partial charge on any atom is -0.350 e. The van der Waals surface area contributed by atoms with E-state index in [0.717, 1.165) is 21.1 Å². The molecular weight excluding hydrogens is 328 g/mol. The Morgan fingerprint density at radius 2 is 1.90 bits per heavy atom. The number of nitrogens with two attached hydrogens (primary N) is 1. The molecule has 0 bridgehead atoms. The molecule has 1 heterocycles. The van der Waals surface area contributed by atoms with Gasteiger partial charge in [-0.25, -0.2) is 13.6 Å². The van der Waals surface area contributed by atoms with Gasteiger partial charge in [-0.3, -0.25) is 4.79 Å². The molecule has 8 heteroatoms. The van der Waals surface area contributed by atoms with E-state index in [1.807, 2.05) is 30.3 Å². The van der Waals surface area contributed by atoms with Crippen LogP contribution in [0.1, 0.15) is 4.88 Å². The lowest BCUT2D eigenvalue weighted by molar-refractivity contribution is -0.118. The van der Waals surface area contributed by atoms with Crippen LogP contribution in [0.3, 0.4) is 0 Å². The average Bonchev–Trinajstić information content (AvgIpc) is 2.93. The number of rotatable bonds is 6. The van der Waals surface area contributed by atoms with Crippen LogP contribution in [0.4, 0.5) is 0 Å². The van der Waals surface area contributed by atoms with Crippen molar-refractivity contribution in [3.8, 4) is 0 Å². The maximum Gasteiger partial charge on any atom is 0.247 e. The molecular formula is C13H14N2O3S3. The topological polar surface area (TPSA) is 89.3 Å². The van der Waals surface area contributed by atoms with E-state index in [-0.39, 0.29) is 10.1 Å². The number of hydrogen-bond donors (Lipinski definition) is 2. The van der Waals surface area contributed by atoms with Gasteiger partial charge in [0.15, 0.2) is 0 Å². The smallest absolute Gasteiger partial charge is 0.247 e. The number of hydrogen-bond acceptors (Lipinski definition) is 5. The third kappa shape index (κ3) is 5.16. The molecule has 0 fully saturated rings. The van der Waals surface area contributed by atoms with Crippen LogP contribution in [0, 0.1) is 0 Å². The molecule has 0 atom stereocenters. The molecule has 112 valence electrons. The summed E-state index contributed by atoms with van der Waals surface area (Å²) in [6.07, 6.45) is 0. The first kappa shape index (κ1) is 16.0. The van der Waals surface area contributed by atoms with E-state index >= 15 is 0 Å². The minimum absolute atomic E-state index is 0.102. The molecule has 5 nitrogen and oxygen atoms in total. The summed E-state index contributed by atoms with van der Waals surface area (Å²) < 4.78 is 22.4. The van der Waals surface area contributed by atoms with Gasteiger partial charge < -0.3 is 5.32 Å². The largest absolute Gasteiger partial charge is 0.350 e. The van der Waals surface area contributed by atoms with Gasteiger partial charge in [0.2, 0.25) is 15.9 Å². The highest BCUT2D eigenvalue weighted by Gasteiger charge is 2.11. The van der Waals surface area contributed by atoms with Crippen molar-refractivity contribution >= 4 is 39.0 Å². The summed E-state index contributed by atoms with van der Waals surface area (Å²) in [7, 11) is -3.67. The highest BCUT2D eigenvalue weighted by Crippen LogP contribution is 2.20. The van der Waals surface area contributed by atoms with E-state index in [0.29, 0.717) is 12.3 Å². The fraction of sp³-hybridized carbons (Fsp3) is 0.154. The summed E-state index contributed by atoms with van der Waals surface area (Å²) in [6, 6.07) is 12.7. The van der Waals surface area contributed by atoms with Crippen LogP contribution < -0.4 is 10.5 Å². The molecule has 0 unspecified atom stereocenters.